The van der Waals surface area contributed by atoms with E-state index in [2.05, 4.69) is 11.8 Å². The van der Waals surface area contributed by atoms with Gasteiger partial charge < -0.3 is 9.84 Å². The maximum atomic E-state index is 9.48. The van der Waals surface area contributed by atoms with Crippen molar-refractivity contribution in [2.45, 2.75) is 38.8 Å². The lowest BCUT2D eigenvalue weighted by Gasteiger charge is -2.22. The van der Waals surface area contributed by atoms with Crippen LogP contribution in [0.25, 0.3) is 0 Å². The van der Waals surface area contributed by atoms with Gasteiger partial charge in [-0.05, 0) is 19.8 Å². The molecule has 1 aliphatic rings. The third-order valence-electron chi connectivity index (χ3n) is 2.70. The predicted octanol–water partition coefficient (Wildman–Crippen LogP) is 0.868. The van der Waals surface area contributed by atoms with Crippen LogP contribution >= 0.6 is 0 Å². The van der Waals surface area contributed by atoms with Crippen molar-refractivity contribution in [3.05, 3.63) is 0 Å². The minimum absolute atomic E-state index is 0.119. The number of aliphatic hydroxyl groups is 1. The van der Waals surface area contributed by atoms with E-state index in [4.69, 9.17) is 4.74 Å². The fraction of sp³-hybridized carbons (Fsp3) is 1.00. The molecule has 0 unspecified atom stereocenters. The molecular weight excluding hydrogens is 166 g/mol. The summed E-state index contributed by atoms with van der Waals surface area (Å²) in [5.74, 6) is 0. The van der Waals surface area contributed by atoms with Crippen molar-refractivity contribution in [2.24, 2.45) is 0 Å². The number of aliphatic hydroxyl groups excluding tert-OH is 1. The Kier molecular flexibility index (Phi) is 4.70. The molecule has 1 heterocycles. The normalized spacial score (nSPS) is 29.8. The molecule has 1 N–H and O–H groups in total. The molecule has 0 radical (unpaired) electrons. The second-order valence-corrected chi connectivity index (χ2v) is 3.64. The van der Waals surface area contributed by atoms with Gasteiger partial charge in [0.2, 0.25) is 0 Å². The number of ether oxygens (including phenoxy) is 1. The average Bonchev–Trinajstić information content (AvgIpc) is 2.47. The van der Waals surface area contributed by atoms with Gasteiger partial charge in [-0.1, -0.05) is 6.92 Å². The van der Waals surface area contributed by atoms with Crippen molar-refractivity contribution < 1.29 is 9.84 Å². The van der Waals surface area contributed by atoms with Crippen LogP contribution in [0.15, 0.2) is 0 Å². The maximum Gasteiger partial charge on any atom is 0.0682 e. The van der Waals surface area contributed by atoms with Gasteiger partial charge in [-0.2, -0.15) is 0 Å². The Labute approximate surface area is 80.7 Å². The summed E-state index contributed by atoms with van der Waals surface area (Å²) in [7, 11) is 0. The monoisotopic (exact) mass is 187 g/mol. The van der Waals surface area contributed by atoms with Gasteiger partial charge in [-0.25, -0.2) is 0 Å². The zero-order chi connectivity index (χ0) is 9.68. The molecule has 0 aromatic rings. The minimum Gasteiger partial charge on any atom is -0.392 e. The zero-order valence-electron chi connectivity index (χ0n) is 8.70. The maximum absolute atomic E-state index is 9.48. The molecule has 0 amide bonds. The highest BCUT2D eigenvalue weighted by molar-refractivity contribution is 4.83. The van der Waals surface area contributed by atoms with Crippen LogP contribution in [0.3, 0.4) is 0 Å². The van der Waals surface area contributed by atoms with Gasteiger partial charge in [0, 0.05) is 25.7 Å². The van der Waals surface area contributed by atoms with E-state index in [1.165, 1.54) is 0 Å². The standard InChI is InChI=1S/C10H21NO2/c1-3-9-7-10(12)8-11(9)5-6-13-4-2/h9-10,12H,3-8H2,1-2H3/t9-,10+/m0/s1. The molecule has 0 bridgehead atoms. The molecule has 1 fully saturated rings. The van der Waals surface area contributed by atoms with Crippen LogP contribution in [0.5, 0.6) is 0 Å². The van der Waals surface area contributed by atoms with E-state index in [9.17, 15) is 5.11 Å². The summed E-state index contributed by atoms with van der Waals surface area (Å²) < 4.78 is 5.30. The van der Waals surface area contributed by atoms with Crippen LogP contribution in [0.2, 0.25) is 0 Å². The lowest BCUT2D eigenvalue weighted by atomic mass is 10.1. The van der Waals surface area contributed by atoms with Gasteiger partial charge in [0.25, 0.3) is 0 Å². The zero-order valence-corrected chi connectivity index (χ0v) is 8.70. The quantitative estimate of drug-likeness (QED) is 0.648. The second-order valence-electron chi connectivity index (χ2n) is 3.64. The highest BCUT2D eigenvalue weighted by Gasteiger charge is 2.28. The molecular formula is C10H21NO2. The van der Waals surface area contributed by atoms with Crippen molar-refractivity contribution in [3.8, 4) is 0 Å². The predicted molar refractivity (Wildman–Crippen MR) is 52.8 cm³/mol. The third-order valence-corrected chi connectivity index (χ3v) is 2.70. The van der Waals surface area contributed by atoms with Gasteiger partial charge in [0.15, 0.2) is 0 Å². The molecule has 0 aromatic heterocycles. The highest BCUT2D eigenvalue weighted by Crippen LogP contribution is 2.19. The van der Waals surface area contributed by atoms with Gasteiger partial charge in [-0.3, -0.25) is 4.90 Å². The molecule has 0 saturated carbocycles. The van der Waals surface area contributed by atoms with Crippen molar-refractivity contribution in [2.75, 3.05) is 26.3 Å². The van der Waals surface area contributed by atoms with Gasteiger partial charge >= 0.3 is 0 Å². The van der Waals surface area contributed by atoms with Crippen LogP contribution in [0, 0.1) is 0 Å². The summed E-state index contributed by atoms with van der Waals surface area (Å²) in [6.07, 6.45) is 1.94. The van der Waals surface area contributed by atoms with E-state index in [1.807, 2.05) is 6.92 Å². The van der Waals surface area contributed by atoms with E-state index < -0.39 is 0 Å². The van der Waals surface area contributed by atoms with Crippen LogP contribution in [0.1, 0.15) is 26.7 Å². The largest absolute Gasteiger partial charge is 0.392 e. The smallest absolute Gasteiger partial charge is 0.0682 e. The molecule has 1 rings (SSSR count). The second kappa shape index (κ2) is 5.58. The molecule has 1 aliphatic heterocycles. The van der Waals surface area contributed by atoms with Crippen molar-refractivity contribution >= 4 is 0 Å². The molecule has 0 aliphatic carbocycles. The van der Waals surface area contributed by atoms with Crippen molar-refractivity contribution in [1.29, 1.82) is 0 Å². The fourth-order valence-corrected chi connectivity index (χ4v) is 1.98. The van der Waals surface area contributed by atoms with Crippen LogP contribution in [-0.4, -0.2) is 48.5 Å². The van der Waals surface area contributed by atoms with Crippen LogP contribution in [0.4, 0.5) is 0 Å². The molecule has 0 aromatic carbocycles. The van der Waals surface area contributed by atoms with Crippen LogP contribution in [-0.2, 0) is 4.74 Å². The number of nitrogens with zero attached hydrogens (tertiary/aromatic N) is 1. The number of likely N-dealkylation sites (tertiary alicyclic amines) is 1. The first-order valence-corrected chi connectivity index (χ1v) is 5.27. The topological polar surface area (TPSA) is 32.7 Å². The Hall–Kier alpha value is -0.120. The summed E-state index contributed by atoms with van der Waals surface area (Å²) >= 11 is 0. The van der Waals surface area contributed by atoms with Gasteiger partial charge in [-0.15, -0.1) is 0 Å². The Morgan fingerprint density at radius 1 is 1.46 bits per heavy atom. The highest BCUT2D eigenvalue weighted by atomic mass is 16.5. The van der Waals surface area contributed by atoms with Crippen molar-refractivity contribution in [1.82, 2.24) is 4.90 Å². The van der Waals surface area contributed by atoms with E-state index >= 15 is 0 Å². The Bertz CT molecular complexity index is 141. The summed E-state index contributed by atoms with van der Waals surface area (Å²) in [5, 5.41) is 9.48. The van der Waals surface area contributed by atoms with Crippen LogP contribution < -0.4 is 0 Å². The summed E-state index contributed by atoms with van der Waals surface area (Å²) in [6, 6.07) is 0.565. The first-order valence-electron chi connectivity index (χ1n) is 5.27. The van der Waals surface area contributed by atoms with Crippen molar-refractivity contribution in [3.63, 3.8) is 0 Å². The number of hydrogen-bond donors (Lipinski definition) is 1. The van der Waals surface area contributed by atoms with E-state index in [0.717, 1.165) is 39.1 Å². The molecule has 1 saturated heterocycles. The molecule has 13 heavy (non-hydrogen) atoms. The first-order chi connectivity index (χ1) is 6.27. The minimum atomic E-state index is -0.119. The third kappa shape index (κ3) is 3.25. The van der Waals surface area contributed by atoms with E-state index in [1.54, 1.807) is 0 Å². The molecule has 0 spiro atoms. The Morgan fingerprint density at radius 3 is 2.85 bits per heavy atom. The van der Waals surface area contributed by atoms with Gasteiger partial charge in [0.05, 0.1) is 12.7 Å². The fourth-order valence-electron chi connectivity index (χ4n) is 1.98. The molecule has 2 atom stereocenters. The lowest BCUT2D eigenvalue weighted by molar-refractivity contribution is 0.102. The Morgan fingerprint density at radius 2 is 2.23 bits per heavy atom. The molecule has 3 heteroatoms. The molecule has 78 valence electrons. The summed E-state index contributed by atoms with van der Waals surface area (Å²) in [6.45, 7) is 7.55. The number of rotatable bonds is 5. The lowest BCUT2D eigenvalue weighted by Crippen LogP contribution is -2.32. The molecule has 3 nitrogen and oxygen atoms in total. The average molecular weight is 187 g/mol. The van der Waals surface area contributed by atoms with E-state index in [-0.39, 0.29) is 6.10 Å². The first kappa shape index (κ1) is 11.0. The van der Waals surface area contributed by atoms with E-state index in [0.29, 0.717) is 6.04 Å². The Balaban J connectivity index is 2.23. The number of hydrogen-bond acceptors (Lipinski definition) is 3. The summed E-state index contributed by atoms with van der Waals surface area (Å²) in [5.41, 5.74) is 0. The number of β-amino-alcohol motifs (C(OH)–C–C–N with tert-alkyl or cyclic N) is 1. The summed E-state index contributed by atoms with van der Waals surface area (Å²) in [4.78, 5) is 2.33. The SMILES string of the molecule is CCOCCN1C[C@H](O)C[C@@H]1CC. The van der Waals surface area contributed by atoms with Gasteiger partial charge in [0.1, 0.15) is 0 Å².